The SMILES string of the molecule is CC(C)(C)OC(=O)[NH+](CCc1ccc(-c2cnc(C=O)s2)cc1)CCc1ccc(O)c2[nH]c(=O)sc12. The number of phenols is 1. The van der Waals surface area contributed by atoms with Crippen molar-refractivity contribution in [2.24, 2.45) is 0 Å². The van der Waals surface area contributed by atoms with Gasteiger partial charge in [-0.1, -0.05) is 41.7 Å². The minimum absolute atomic E-state index is 0.0348. The quantitative estimate of drug-likeness (QED) is 0.301. The molecule has 3 N–H and O–H groups in total. The highest BCUT2D eigenvalue weighted by atomic mass is 32.1. The van der Waals surface area contributed by atoms with Crippen molar-refractivity contribution in [3.05, 3.63) is 68.4 Å². The Hall–Kier alpha value is -3.34. The molecule has 0 fully saturated rings. The zero-order valence-electron chi connectivity index (χ0n) is 20.3. The number of nitrogens with one attached hydrogen (secondary N) is 2. The molecule has 4 aromatic rings. The Morgan fingerprint density at radius 2 is 1.83 bits per heavy atom. The molecule has 8 nitrogen and oxygen atoms in total. The van der Waals surface area contributed by atoms with Gasteiger partial charge in [0, 0.05) is 19.0 Å². The van der Waals surface area contributed by atoms with Gasteiger partial charge in [-0.25, -0.2) is 9.88 Å². The van der Waals surface area contributed by atoms with Crippen LogP contribution in [0, 0.1) is 0 Å². The highest BCUT2D eigenvalue weighted by molar-refractivity contribution is 7.17. The number of benzene rings is 2. The number of aldehydes is 1. The van der Waals surface area contributed by atoms with E-state index in [2.05, 4.69) is 9.97 Å². The number of phenolic OH excluding ortho intramolecular Hbond substituents is 1. The number of aromatic nitrogens is 2. The van der Waals surface area contributed by atoms with E-state index in [9.17, 15) is 19.5 Å². The summed E-state index contributed by atoms with van der Waals surface area (Å²) < 4.78 is 6.38. The summed E-state index contributed by atoms with van der Waals surface area (Å²) in [6.45, 7) is 6.55. The lowest BCUT2D eigenvalue weighted by molar-refractivity contribution is -0.824. The van der Waals surface area contributed by atoms with Gasteiger partial charge >= 0.3 is 11.0 Å². The Morgan fingerprint density at radius 3 is 2.50 bits per heavy atom. The van der Waals surface area contributed by atoms with Gasteiger partial charge in [-0.3, -0.25) is 9.59 Å². The van der Waals surface area contributed by atoms with Crippen LogP contribution in [0.4, 0.5) is 4.79 Å². The van der Waals surface area contributed by atoms with Gasteiger partial charge in [0.15, 0.2) is 11.3 Å². The Kier molecular flexibility index (Phi) is 7.67. The molecule has 0 aliphatic carbocycles. The van der Waals surface area contributed by atoms with Crippen molar-refractivity contribution in [1.82, 2.24) is 9.97 Å². The van der Waals surface area contributed by atoms with Crippen molar-refractivity contribution in [3.8, 4) is 16.2 Å². The number of ether oxygens (including phenoxy) is 1. The van der Waals surface area contributed by atoms with Gasteiger partial charge in [0.2, 0.25) is 0 Å². The van der Waals surface area contributed by atoms with Gasteiger partial charge in [0.1, 0.15) is 16.9 Å². The molecule has 1 atom stereocenters. The highest BCUT2D eigenvalue weighted by Crippen LogP contribution is 2.28. The number of carbonyl (C=O) groups excluding carboxylic acids is 2. The van der Waals surface area contributed by atoms with Gasteiger partial charge in [-0.05, 0) is 43.5 Å². The second-order valence-corrected chi connectivity index (χ2v) is 11.5. The van der Waals surface area contributed by atoms with Crippen LogP contribution in [0.25, 0.3) is 20.7 Å². The first kappa shape index (κ1) is 25.7. The lowest BCUT2D eigenvalue weighted by Crippen LogP contribution is -3.15. The predicted octanol–water partition coefficient (Wildman–Crippen LogP) is 3.84. The lowest BCUT2D eigenvalue weighted by atomic mass is 10.1. The first-order valence-corrected chi connectivity index (χ1v) is 13.2. The summed E-state index contributed by atoms with van der Waals surface area (Å²) >= 11 is 2.40. The van der Waals surface area contributed by atoms with Crippen molar-refractivity contribution in [2.75, 3.05) is 13.1 Å². The minimum Gasteiger partial charge on any atom is -0.506 e. The number of hydrogen-bond acceptors (Lipinski definition) is 8. The summed E-state index contributed by atoms with van der Waals surface area (Å²) in [6.07, 6.45) is 3.33. The third-order valence-electron chi connectivity index (χ3n) is 5.60. The zero-order valence-corrected chi connectivity index (χ0v) is 21.9. The molecule has 0 aliphatic heterocycles. The number of quaternary nitrogens is 1. The number of H-pyrrole nitrogens is 1. The summed E-state index contributed by atoms with van der Waals surface area (Å²) in [5.74, 6) is 0.0348. The number of amides is 1. The van der Waals surface area contributed by atoms with Gasteiger partial charge in [-0.2, -0.15) is 4.79 Å². The number of alkyl carbamates (subject to hydrolysis) is 2. The topological polar surface area (TPSA) is 114 Å². The number of fused-ring (bicyclic) bond motifs is 1. The molecule has 0 radical (unpaired) electrons. The molecule has 2 heterocycles. The van der Waals surface area contributed by atoms with Crippen LogP contribution in [-0.2, 0) is 17.6 Å². The van der Waals surface area contributed by atoms with Crippen LogP contribution in [0.15, 0.2) is 47.4 Å². The van der Waals surface area contributed by atoms with Crippen LogP contribution in [-0.4, -0.2) is 46.1 Å². The molecule has 0 spiro atoms. The summed E-state index contributed by atoms with van der Waals surface area (Å²) in [6, 6.07) is 11.4. The number of nitrogens with zero attached hydrogens (tertiary/aromatic N) is 1. The molecule has 4 rings (SSSR count). The largest absolute Gasteiger partial charge is 0.514 e. The zero-order chi connectivity index (χ0) is 25.9. The fourth-order valence-corrected chi connectivity index (χ4v) is 5.48. The van der Waals surface area contributed by atoms with Crippen LogP contribution in [0.5, 0.6) is 5.75 Å². The molecular weight excluding hydrogens is 498 g/mol. The van der Waals surface area contributed by atoms with E-state index in [0.29, 0.717) is 46.1 Å². The fourth-order valence-electron chi connectivity index (χ4n) is 3.84. The average Bonchev–Trinajstić information content (AvgIpc) is 3.46. The van der Waals surface area contributed by atoms with Crippen molar-refractivity contribution in [2.45, 2.75) is 39.2 Å². The highest BCUT2D eigenvalue weighted by Gasteiger charge is 2.27. The van der Waals surface area contributed by atoms with E-state index in [1.807, 2.05) is 45.0 Å². The normalized spacial score (nSPS) is 12.5. The molecule has 0 saturated carbocycles. The third-order valence-corrected chi connectivity index (χ3v) is 7.53. The summed E-state index contributed by atoms with van der Waals surface area (Å²) in [5, 5.41) is 10.5. The maximum Gasteiger partial charge on any atom is 0.514 e. The van der Waals surface area contributed by atoms with Gasteiger partial charge < -0.3 is 14.8 Å². The number of aromatic hydroxyl groups is 1. The Balaban J connectivity index is 1.47. The predicted molar refractivity (Wildman–Crippen MR) is 141 cm³/mol. The van der Waals surface area contributed by atoms with Crippen molar-refractivity contribution in [1.29, 1.82) is 0 Å². The number of aromatic amines is 1. The summed E-state index contributed by atoms with van der Waals surface area (Å²) in [5.41, 5.74) is 2.79. The van der Waals surface area contributed by atoms with E-state index in [4.69, 9.17) is 4.74 Å². The van der Waals surface area contributed by atoms with Crippen molar-refractivity contribution < 1.29 is 24.3 Å². The molecule has 2 aromatic heterocycles. The van der Waals surface area contributed by atoms with Crippen LogP contribution < -0.4 is 9.77 Å². The standard InChI is InChI=1S/C26H27N3O5S2/c1-26(2,3)34-25(33)29(13-11-18-8-9-19(31)22-23(18)36-24(32)28-22)12-10-16-4-6-17(7-5-16)20-14-27-21(15-30)35-20/h4-9,14-15,31H,10-13H2,1-3H3,(H,28,32)/p+1. The second kappa shape index (κ2) is 10.7. The number of thiazole rings is 2. The lowest BCUT2D eigenvalue weighted by Gasteiger charge is -2.23. The third kappa shape index (κ3) is 6.26. The van der Waals surface area contributed by atoms with Crippen LogP contribution in [0.1, 0.15) is 41.7 Å². The fraction of sp³-hybridized carbons (Fsp3) is 0.308. The molecule has 1 unspecified atom stereocenters. The molecule has 0 aliphatic rings. The Labute approximate surface area is 216 Å². The van der Waals surface area contributed by atoms with Gasteiger partial charge in [-0.15, -0.1) is 11.3 Å². The molecule has 188 valence electrons. The average molecular weight is 527 g/mol. The molecule has 10 heteroatoms. The van der Waals surface area contributed by atoms with Crippen LogP contribution in [0.3, 0.4) is 0 Å². The second-order valence-electron chi connectivity index (χ2n) is 9.45. The molecule has 36 heavy (non-hydrogen) atoms. The van der Waals surface area contributed by atoms with E-state index in [1.54, 1.807) is 18.3 Å². The van der Waals surface area contributed by atoms with E-state index in [1.165, 1.54) is 11.3 Å². The smallest absolute Gasteiger partial charge is 0.506 e. The first-order chi connectivity index (χ1) is 17.1. The number of rotatable bonds is 8. The number of carbonyl (C=O) groups is 2. The molecule has 1 amide bonds. The minimum atomic E-state index is -0.606. The van der Waals surface area contributed by atoms with E-state index < -0.39 is 5.60 Å². The Bertz CT molecular complexity index is 1430. The van der Waals surface area contributed by atoms with Gasteiger partial charge in [0.05, 0.1) is 22.7 Å². The molecule has 0 bridgehead atoms. The first-order valence-electron chi connectivity index (χ1n) is 11.5. The molecular formula is C26H28N3O5S2+. The Morgan fingerprint density at radius 1 is 1.11 bits per heavy atom. The van der Waals surface area contributed by atoms with E-state index in [0.717, 1.165) is 39.2 Å². The van der Waals surface area contributed by atoms with Crippen LogP contribution >= 0.6 is 22.7 Å². The summed E-state index contributed by atoms with van der Waals surface area (Å²) in [7, 11) is 0. The molecule has 0 saturated heterocycles. The summed E-state index contributed by atoms with van der Waals surface area (Å²) in [4.78, 5) is 43.9. The van der Waals surface area contributed by atoms with E-state index in [-0.39, 0.29) is 16.7 Å². The van der Waals surface area contributed by atoms with Crippen LogP contribution in [0.2, 0.25) is 0 Å². The van der Waals surface area contributed by atoms with Gasteiger partial charge in [0.25, 0.3) is 0 Å². The number of hydrogen-bond donors (Lipinski definition) is 3. The molecule has 2 aromatic carbocycles. The van der Waals surface area contributed by atoms with Crippen molar-refractivity contribution in [3.63, 3.8) is 0 Å². The monoisotopic (exact) mass is 526 g/mol. The maximum absolute atomic E-state index is 13.0. The van der Waals surface area contributed by atoms with E-state index >= 15 is 0 Å². The van der Waals surface area contributed by atoms with Crippen molar-refractivity contribution >= 4 is 45.3 Å². The maximum atomic E-state index is 13.0.